The topological polar surface area (TPSA) is 149 Å². The monoisotopic (exact) mass is 1030 g/mol. The van der Waals surface area contributed by atoms with Crippen molar-refractivity contribution >= 4 is 5.91 Å². The molecule has 0 radical (unpaired) electrons. The fraction of sp³-hybridized carbons (Fsp3) is 0.797. The largest absolute Gasteiger partial charge is 0.394 e. The van der Waals surface area contributed by atoms with Crippen molar-refractivity contribution in [1.82, 2.24) is 5.32 Å². The lowest BCUT2D eigenvalue weighted by Crippen LogP contribution is -2.60. The van der Waals surface area contributed by atoms with E-state index < -0.39 is 49.5 Å². The fourth-order valence-electron chi connectivity index (χ4n) is 9.46. The Labute approximate surface area is 448 Å². The number of carbonyl (C=O) groups is 1. The molecule has 1 amide bonds. The molecule has 0 aromatic heterocycles. The van der Waals surface area contributed by atoms with Crippen molar-refractivity contribution in [2.45, 2.75) is 314 Å². The number of hydrogen-bond donors (Lipinski definition) is 6. The number of unbranched alkanes of at least 4 members (excludes halogenated alkanes) is 32. The molecular formula is C64H115NO8. The summed E-state index contributed by atoms with van der Waals surface area (Å²) in [5.74, 6) is -0.201. The number of ether oxygens (including phenoxy) is 2. The molecule has 0 aromatic rings. The summed E-state index contributed by atoms with van der Waals surface area (Å²) < 4.78 is 11.3. The normalized spacial score (nSPS) is 19.6. The maximum atomic E-state index is 13.0. The predicted molar refractivity (Wildman–Crippen MR) is 309 cm³/mol. The average Bonchev–Trinajstić information content (AvgIpc) is 3.39. The van der Waals surface area contributed by atoms with Gasteiger partial charge in [-0.1, -0.05) is 267 Å². The van der Waals surface area contributed by atoms with Crippen molar-refractivity contribution in [1.29, 1.82) is 0 Å². The van der Waals surface area contributed by atoms with Crippen LogP contribution in [0.4, 0.5) is 0 Å². The first kappa shape index (κ1) is 68.6. The molecule has 0 aromatic carbocycles. The SMILES string of the molecule is CC/C=C\C/C=C\C/C=C\C/C=C\CCCCCCCCC(=O)NC(COC1OC(CO)C(O)C(O)C1O)C(O)/C=C/CC/C=C/CCCCCCCCCCCCCCCCCCCCCCCCCCC. The Kier molecular flexibility index (Phi) is 49.9. The van der Waals surface area contributed by atoms with Gasteiger partial charge < -0.3 is 40.3 Å². The van der Waals surface area contributed by atoms with E-state index >= 15 is 0 Å². The molecule has 0 aliphatic carbocycles. The number of allylic oxidation sites excluding steroid dienone is 11. The van der Waals surface area contributed by atoms with E-state index in [0.29, 0.717) is 6.42 Å². The van der Waals surface area contributed by atoms with Gasteiger partial charge in [0.2, 0.25) is 5.91 Å². The molecular weight excluding hydrogens is 911 g/mol. The summed E-state index contributed by atoms with van der Waals surface area (Å²) in [6.07, 6.45) is 67.0. The van der Waals surface area contributed by atoms with Crippen LogP contribution in [-0.2, 0) is 14.3 Å². The number of aliphatic hydroxyl groups excluding tert-OH is 5. The number of amides is 1. The van der Waals surface area contributed by atoms with E-state index in [1.165, 1.54) is 161 Å². The van der Waals surface area contributed by atoms with Crippen molar-refractivity contribution in [2.24, 2.45) is 0 Å². The Morgan fingerprint density at radius 1 is 0.479 bits per heavy atom. The summed E-state index contributed by atoms with van der Waals surface area (Å²) in [6.45, 7) is 3.66. The Bertz CT molecular complexity index is 1380. The third-order valence-corrected chi connectivity index (χ3v) is 14.3. The van der Waals surface area contributed by atoms with Gasteiger partial charge in [-0.2, -0.15) is 0 Å². The number of hydrogen-bond acceptors (Lipinski definition) is 8. The van der Waals surface area contributed by atoms with Crippen LogP contribution in [0.2, 0.25) is 0 Å². The molecule has 424 valence electrons. The smallest absolute Gasteiger partial charge is 0.220 e. The molecule has 0 bridgehead atoms. The first-order valence-corrected chi connectivity index (χ1v) is 30.7. The van der Waals surface area contributed by atoms with E-state index in [9.17, 15) is 30.3 Å². The Hall–Kier alpha value is -2.37. The standard InChI is InChI=1S/C64H115NO8/c1-3-5-7-9-11-13-15-17-19-21-23-24-25-26-27-28-29-30-31-32-33-34-36-37-39-41-43-45-47-49-51-53-58(67)57(56-72-64-63(71)62(70)61(69)59(55-66)73-64)65-60(68)54-52-50-48-46-44-42-40-38-35-22-20-18-16-14-12-10-8-6-4-2/h6,8,12,14,18,20,35,38,43,45,51,53,57-59,61-64,66-67,69-71H,3-5,7,9-11,13,15-17,19,21-34,36-37,39-42,44,46-50,52,54-56H2,1-2H3,(H,65,68)/b8-6-,14-12-,20-18-,38-35-,45-43+,53-51+. The molecule has 1 aliphatic rings. The Morgan fingerprint density at radius 3 is 1.32 bits per heavy atom. The Morgan fingerprint density at radius 2 is 0.863 bits per heavy atom. The molecule has 7 unspecified atom stereocenters. The third kappa shape index (κ3) is 42.4. The van der Waals surface area contributed by atoms with E-state index in [0.717, 1.165) is 89.9 Å². The van der Waals surface area contributed by atoms with Gasteiger partial charge in [0.15, 0.2) is 6.29 Å². The van der Waals surface area contributed by atoms with Crippen molar-refractivity contribution in [3.63, 3.8) is 0 Å². The van der Waals surface area contributed by atoms with Gasteiger partial charge in [-0.25, -0.2) is 0 Å². The quantitative estimate of drug-likeness (QED) is 0.0261. The van der Waals surface area contributed by atoms with Crippen LogP contribution in [0, 0.1) is 0 Å². The van der Waals surface area contributed by atoms with Gasteiger partial charge >= 0.3 is 0 Å². The Balaban J connectivity index is 2.20. The minimum atomic E-state index is -1.58. The molecule has 9 heteroatoms. The van der Waals surface area contributed by atoms with E-state index in [1.54, 1.807) is 6.08 Å². The van der Waals surface area contributed by atoms with Crippen molar-refractivity contribution in [3.05, 3.63) is 72.9 Å². The minimum Gasteiger partial charge on any atom is -0.394 e. The molecule has 1 saturated heterocycles. The molecule has 1 fully saturated rings. The van der Waals surface area contributed by atoms with Crippen LogP contribution < -0.4 is 5.32 Å². The van der Waals surface area contributed by atoms with Gasteiger partial charge in [0.25, 0.3) is 0 Å². The van der Waals surface area contributed by atoms with Crippen LogP contribution in [0.5, 0.6) is 0 Å². The van der Waals surface area contributed by atoms with Crippen LogP contribution >= 0.6 is 0 Å². The van der Waals surface area contributed by atoms with Crippen molar-refractivity contribution < 1.29 is 39.8 Å². The highest BCUT2D eigenvalue weighted by Crippen LogP contribution is 2.23. The number of rotatable bonds is 52. The summed E-state index contributed by atoms with van der Waals surface area (Å²) in [7, 11) is 0. The highest BCUT2D eigenvalue weighted by molar-refractivity contribution is 5.76. The first-order chi connectivity index (χ1) is 35.8. The molecule has 1 aliphatic heterocycles. The summed E-state index contributed by atoms with van der Waals surface area (Å²) >= 11 is 0. The van der Waals surface area contributed by atoms with E-state index in [2.05, 4.69) is 79.9 Å². The molecule has 1 heterocycles. The van der Waals surface area contributed by atoms with Gasteiger partial charge in [-0.05, 0) is 70.6 Å². The lowest BCUT2D eigenvalue weighted by Gasteiger charge is -2.40. The molecule has 7 atom stereocenters. The average molecular weight is 1030 g/mol. The molecule has 73 heavy (non-hydrogen) atoms. The van der Waals surface area contributed by atoms with Gasteiger partial charge in [0, 0.05) is 6.42 Å². The summed E-state index contributed by atoms with van der Waals surface area (Å²) in [6, 6.07) is -0.835. The maximum Gasteiger partial charge on any atom is 0.220 e. The number of carbonyl (C=O) groups excluding carboxylic acids is 1. The van der Waals surface area contributed by atoms with Crippen LogP contribution in [0.15, 0.2) is 72.9 Å². The van der Waals surface area contributed by atoms with Gasteiger partial charge in [-0.3, -0.25) is 4.79 Å². The van der Waals surface area contributed by atoms with Crippen LogP contribution in [-0.4, -0.2) is 87.5 Å². The molecule has 1 rings (SSSR count). The van der Waals surface area contributed by atoms with Crippen LogP contribution in [0.1, 0.15) is 271 Å². The maximum absolute atomic E-state index is 13.0. The minimum absolute atomic E-state index is 0.201. The second-order valence-electron chi connectivity index (χ2n) is 21.1. The molecule has 6 N–H and O–H groups in total. The summed E-state index contributed by atoms with van der Waals surface area (Å²) in [5.41, 5.74) is 0. The fourth-order valence-corrected chi connectivity index (χ4v) is 9.46. The lowest BCUT2D eigenvalue weighted by molar-refractivity contribution is -0.302. The van der Waals surface area contributed by atoms with Crippen LogP contribution in [0.3, 0.4) is 0 Å². The van der Waals surface area contributed by atoms with Crippen LogP contribution in [0.25, 0.3) is 0 Å². The highest BCUT2D eigenvalue weighted by Gasteiger charge is 2.44. The molecule has 9 nitrogen and oxygen atoms in total. The van der Waals surface area contributed by atoms with E-state index in [-0.39, 0.29) is 12.5 Å². The van der Waals surface area contributed by atoms with Gasteiger partial charge in [0.05, 0.1) is 25.4 Å². The zero-order valence-electron chi connectivity index (χ0n) is 47.1. The number of aliphatic hydroxyl groups is 5. The van der Waals surface area contributed by atoms with Crippen molar-refractivity contribution in [2.75, 3.05) is 13.2 Å². The predicted octanol–water partition coefficient (Wildman–Crippen LogP) is 15.6. The van der Waals surface area contributed by atoms with E-state index in [1.807, 2.05) is 6.08 Å². The lowest BCUT2D eigenvalue weighted by atomic mass is 9.99. The van der Waals surface area contributed by atoms with Gasteiger partial charge in [0.1, 0.15) is 24.4 Å². The first-order valence-electron chi connectivity index (χ1n) is 30.7. The zero-order chi connectivity index (χ0) is 52.9. The second-order valence-corrected chi connectivity index (χ2v) is 21.1. The van der Waals surface area contributed by atoms with E-state index in [4.69, 9.17) is 9.47 Å². The number of nitrogens with one attached hydrogen (secondary N) is 1. The highest BCUT2D eigenvalue weighted by atomic mass is 16.7. The third-order valence-electron chi connectivity index (χ3n) is 14.3. The zero-order valence-corrected chi connectivity index (χ0v) is 47.1. The van der Waals surface area contributed by atoms with Crippen molar-refractivity contribution in [3.8, 4) is 0 Å². The second kappa shape index (κ2) is 53.0. The van der Waals surface area contributed by atoms with Gasteiger partial charge in [-0.15, -0.1) is 0 Å². The summed E-state index contributed by atoms with van der Waals surface area (Å²) in [5, 5.41) is 54.5. The molecule has 0 spiro atoms. The summed E-state index contributed by atoms with van der Waals surface area (Å²) in [4.78, 5) is 13.0. The molecule has 0 saturated carbocycles.